The highest BCUT2D eigenvalue weighted by atomic mass is 35.5. The predicted molar refractivity (Wildman–Crippen MR) is 42.0 cm³/mol. The van der Waals surface area contributed by atoms with Crippen molar-refractivity contribution in [2.45, 2.75) is 19.9 Å². The van der Waals surface area contributed by atoms with Gasteiger partial charge < -0.3 is 0 Å². The Hall–Kier alpha value is -0.560. The molecule has 0 saturated heterocycles. The lowest BCUT2D eigenvalue weighted by Gasteiger charge is -1.97. The third-order valence-corrected chi connectivity index (χ3v) is 1.61. The van der Waals surface area contributed by atoms with E-state index in [1.54, 1.807) is 0 Å². The summed E-state index contributed by atoms with van der Waals surface area (Å²) in [6.07, 6.45) is 3.93. The Labute approximate surface area is 66.3 Å². The third kappa shape index (κ3) is 1.71. The third-order valence-electron chi connectivity index (χ3n) is 1.38. The number of halogens is 1. The van der Waals surface area contributed by atoms with Gasteiger partial charge in [-0.05, 0) is 19.9 Å². The maximum atomic E-state index is 5.77. The van der Waals surface area contributed by atoms with Crippen molar-refractivity contribution in [3.63, 3.8) is 0 Å². The van der Waals surface area contributed by atoms with Gasteiger partial charge in [-0.15, -0.1) is 0 Å². The molecule has 0 unspecified atom stereocenters. The summed E-state index contributed by atoms with van der Waals surface area (Å²) < 4.78 is 2.07. The second-order valence-corrected chi connectivity index (χ2v) is 3.00. The maximum Gasteiger partial charge on any atom is 0.187 e. The smallest absolute Gasteiger partial charge is 0.187 e. The second-order valence-electron chi connectivity index (χ2n) is 2.56. The number of aromatic nitrogens is 1. The van der Waals surface area contributed by atoms with Crippen LogP contribution < -0.4 is 4.57 Å². The lowest BCUT2D eigenvalue weighted by atomic mass is 10.3. The van der Waals surface area contributed by atoms with Gasteiger partial charge in [-0.3, -0.25) is 0 Å². The summed E-state index contributed by atoms with van der Waals surface area (Å²) in [6.45, 7) is 4.24. The molecule has 0 aliphatic rings. The summed E-state index contributed by atoms with van der Waals surface area (Å²) in [5, 5.41) is 0.788. The molecule has 0 radical (unpaired) electrons. The summed E-state index contributed by atoms with van der Waals surface area (Å²) in [4.78, 5) is 0. The van der Waals surface area contributed by atoms with Gasteiger partial charge in [-0.2, -0.15) is 0 Å². The summed E-state index contributed by atoms with van der Waals surface area (Å²) in [7, 11) is 0. The SMILES string of the molecule is CC(C)[n+]1cccc(Cl)c1. The van der Waals surface area contributed by atoms with E-state index in [0.717, 1.165) is 5.02 Å². The van der Waals surface area contributed by atoms with Crippen LogP contribution in [0.25, 0.3) is 0 Å². The minimum absolute atomic E-state index is 0.485. The number of hydrogen-bond acceptors (Lipinski definition) is 0. The highest BCUT2D eigenvalue weighted by Gasteiger charge is 2.03. The Balaban J connectivity index is 2.96. The molecule has 1 heterocycles. The van der Waals surface area contributed by atoms with Gasteiger partial charge in [-0.1, -0.05) is 11.6 Å². The molecule has 1 nitrogen and oxygen atoms in total. The van der Waals surface area contributed by atoms with Crippen LogP contribution in [0.4, 0.5) is 0 Å². The van der Waals surface area contributed by atoms with Crippen LogP contribution in [0, 0.1) is 0 Å². The van der Waals surface area contributed by atoms with Crippen LogP contribution in [0.2, 0.25) is 5.02 Å². The number of nitrogens with zero attached hydrogens (tertiary/aromatic N) is 1. The Kier molecular flexibility index (Phi) is 2.28. The number of hydrogen-bond donors (Lipinski definition) is 0. The summed E-state index contributed by atoms with van der Waals surface area (Å²) in [6, 6.07) is 4.31. The highest BCUT2D eigenvalue weighted by molar-refractivity contribution is 6.30. The van der Waals surface area contributed by atoms with E-state index in [0.29, 0.717) is 6.04 Å². The summed E-state index contributed by atoms with van der Waals surface area (Å²) in [5.74, 6) is 0. The molecule has 10 heavy (non-hydrogen) atoms. The first-order valence-electron chi connectivity index (χ1n) is 3.36. The van der Waals surface area contributed by atoms with Gasteiger partial charge in [0.25, 0.3) is 0 Å². The molecule has 0 aromatic carbocycles. The molecule has 0 aliphatic carbocycles. The Morgan fingerprint density at radius 2 is 2.20 bits per heavy atom. The van der Waals surface area contributed by atoms with Crippen molar-refractivity contribution < 1.29 is 4.57 Å². The molecular weight excluding hydrogens is 146 g/mol. The molecule has 1 rings (SSSR count). The molecule has 0 fully saturated rings. The first-order chi connectivity index (χ1) is 4.70. The standard InChI is InChI=1S/C8H11ClN/c1-7(2)10-5-3-4-8(9)6-10/h3-7H,1-2H3/q+1. The fourth-order valence-electron chi connectivity index (χ4n) is 0.784. The Morgan fingerprint density at radius 3 is 2.60 bits per heavy atom. The van der Waals surface area contributed by atoms with Crippen molar-refractivity contribution in [2.75, 3.05) is 0 Å². The number of pyridine rings is 1. The molecule has 0 bridgehead atoms. The van der Waals surface area contributed by atoms with Crippen molar-refractivity contribution in [1.82, 2.24) is 0 Å². The van der Waals surface area contributed by atoms with Gasteiger partial charge in [0.05, 0.1) is 0 Å². The fraction of sp³-hybridized carbons (Fsp3) is 0.375. The van der Waals surface area contributed by atoms with E-state index in [4.69, 9.17) is 11.6 Å². The van der Waals surface area contributed by atoms with Crippen LogP contribution in [0.15, 0.2) is 24.5 Å². The maximum absolute atomic E-state index is 5.77. The van der Waals surface area contributed by atoms with E-state index in [1.807, 2.05) is 24.5 Å². The second kappa shape index (κ2) is 3.02. The van der Waals surface area contributed by atoms with Crippen molar-refractivity contribution >= 4 is 11.6 Å². The normalized spacial score (nSPS) is 10.4. The van der Waals surface area contributed by atoms with Crippen molar-refractivity contribution in [1.29, 1.82) is 0 Å². The van der Waals surface area contributed by atoms with E-state index < -0.39 is 0 Å². The zero-order valence-corrected chi connectivity index (χ0v) is 6.97. The van der Waals surface area contributed by atoms with E-state index >= 15 is 0 Å². The average molecular weight is 157 g/mol. The lowest BCUT2D eigenvalue weighted by Crippen LogP contribution is -2.34. The van der Waals surface area contributed by atoms with Crippen LogP contribution in [-0.2, 0) is 0 Å². The van der Waals surface area contributed by atoms with Gasteiger partial charge in [0.1, 0.15) is 5.02 Å². The van der Waals surface area contributed by atoms with Crippen LogP contribution in [0.3, 0.4) is 0 Å². The van der Waals surface area contributed by atoms with Crippen LogP contribution in [-0.4, -0.2) is 0 Å². The molecule has 54 valence electrons. The molecule has 0 atom stereocenters. The fourth-order valence-corrected chi connectivity index (χ4v) is 0.969. The van der Waals surface area contributed by atoms with E-state index in [-0.39, 0.29) is 0 Å². The van der Waals surface area contributed by atoms with Gasteiger partial charge in [0.15, 0.2) is 18.4 Å². The lowest BCUT2D eigenvalue weighted by molar-refractivity contribution is -0.716. The van der Waals surface area contributed by atoms with Crippen LogP contribution in [0.5, 0.6) is 0 Å². The highest BCUT2D eigenvalue weighted by Crippen LogP contribution is 2.03. The molecule has 2 heteroatoms. The molecular formula is C8H11ClN+. The quantitative estimate of drug-likeness (QED) is 0.549. The minimum atomic E-state index is 0.485. The molecule has 0 aliphatic heterocycles. The minimum Gasteiger partial charge on any atom is -0.202 e. The van der Waals surface area contributed by atoms with Gasteiger partial charge in [0, 0.05) is 6.07 Å². The zero-order chi connectivity index (χ0) is 7.56. The van der Waals surface area contributed by atoms with Gasteiger partial charge in [0.2, 0.25) is 0 Å². The molecule has 1 aromatic heterocycles. The largest absolute Gasteiger partial charge is 0.202 e. The van der Waals surface area contributed by atoms with Gasteiger partial charge >= 0.3 is 0 Å². The topological polar surface area (TPSA) is 3.88 Å². The molecule has 0 amide bonds. The van der Waals surface area contributed by atoms with E-state index in [9.17, 15) is 0 Å². The molecule has 0 saturated carbocycles. The van der Waals surface area contributed by atoms with Crippen molar-refractivity contribution in [3.05, 3.63) is 29.5 Å². The van der Waals surface area contributed by atoms with Gasteiger partial charge in [-0.25, -0.2) is 4.57 Å². The van der Waals surface area contributed by atoms with E-state index in [2.05, 4.69) is 18.4 Å². The average Bonchev–Trinajstić information content (AvgIpc) is 1.88. The number of rotatable bonds is 1. The molecule has 0 spiro atoms. The van der Waals surface area contributed by atoms with Crippen LogP contribution in [0.1, 0.15) is 19.9 Å². The molecule has 1 aromatic rings. The summed E-state index contributed by atoms with van der Waals surface area (Å²) in [5.41, 5.74) is 0. The Morgan fingerprint density at radius 1 is 1.50 bits per heavy atom. The predicted octanol–water partition coefficient (Wildman–Crippen LogP) is 2.21. The van der Waals surface area contributed by atoms with Crippen molar-refractivity contribution in [2.24, 2.45) is 0 Å². The van der Waals surface area contributed by atoms with Crippen molar-refractivity contribution in [3.8, 4) is 0 Å². The Bertz CT molecular complexity index is 220. The first-order valence-corrected chi connectivity index (χ1v) is 3.74. The van der Waals surface area contributed by atoms with E-state index in [1.165, 1.54) is 0 Å². The van der Waals surface area contributed by atoms with Crippen LogP contribution >= 0.6 is 11.6 Å². The monoisotopic (exact) mass is 156 g/mol. The first kappa shape index (κ1) is 7.55. The summed E-state index contributed by atoms with van der Waals surface area (Å²) >= 11 is 5.77. The zero-order valence-electron chi connectivity index (χ0n) is 6.21. The molecule has 0 N–H and O–H groups in total.